The van der Waals surface area contributed by atoms with Crippen molar-refractivity contribution in [2.45, 2.75) is 40.2 Å². The SMILES string of the molecule is Cc1c(Cl)cccc1NC(=O)C(C)N1CCCN(C(=O)OCC(C)C)CC1. The second kappa shape index (κ2) is 9.95. The minimum Gasteiger partial charge on any atom is -0.449 e. The predicted octanol–water partition coefficient (Wildman–Crippen LogP) is 3.78. The first kappa shape index (κ1) is 21.5. The highest BCUT2D eigenvalue weighted by molar-refractivity contribution is 6.31. The molecule has 6 nitrogen and oxygen atoms in total. The average molecular weight is 396 g/mol. The summed E-state index contributed by atoms with van der Waals surface area (Å²) >= 11 is 6.13. The summed E-state index contributed by atoms with van der Waals surface area (Å²) < 4.78 is 5.32. The van der Waals surface area contributed by atoms with E-state index in [-0.39, 0.29) is 18.0 Å². The van der Waals surface area contributed by atoms with Gasteiger partial charge in [-0.2, -0.15) is 0 Å². The Kier molecular flexibility index (Phi) is 7.92. The van der Waals surface area contributed by atoms with Crippen LogP contribution in [0.4, 0.5) is 10.5 Å². The van der Waals surface area contributed by atoms with E-state index in [1.54, 1.807) is 11.0 Å². The van der Waals surface area contributed by atoms with Gasteiger partial charge in [-0.15, -0.1) is 0 Å². The largest absolute Gasteiger partial charge is 0.449 e. The van der Waals surface area contributed by atoms with E-state index in [1.807, 2.05) is 39.8 Å². The Morgan fingerprint density at radius 2 is 1.93 bits per heavy atom. The van der Waals surface area contributed by atoms with E-state index in [4.69, 9.17) is 16.3 Å². The first-order valence-electron chi connectivity index (χ1n) is 9.51. The van der Waals surface area contributed by atoms with Gasteiger partial charge < -0.3 is 15.0 Å². The third kappa shape index (κ3) is 6.11. The number of ether oxygens (including phenoxy) is 1. The number of benzene rings is 1. The average Bonchev–Trinajstić information content (AvgIpc) is 2.89. The first-order valence-corrected chi connectivity index (χ1v) is 9.89. The molecule has 1 heterocycles. The van der Waals surface area contributed by atoms with Gasteiger partial charge in [-0.1, -0.05) is 31.5 Å². The van der Waals surface area contributed by atoms with E-state index in [9.17, 15) is 9.59 Å². The van der Waals surface area contributed by atoms with Crippen LogP contribution in [0.2, 0.25) is 5.02 Å². The van der Waals surface area contributed by atoms with Gasteiger partial charge in [-0.05, 0) is 43.9 Å². The number of carbonyl (C=O) groups excluding carboxylic acids is 2. The normalized spacial score (nSPS) is 16.7. The third-order valence-corrected chi connectivity index (χ3v) is 5.19. The van der Waals surface area contributed by atoms with Gasteiger partial charge in [0.05, 0.1) is 12.6 Å². The van der Waals surface area contributed by atoms with Crippen LogP contribution in [0.1, 0.15) is 32.8 Å². The third-order valence-electron chi connectivity index (χ3n) is 4.78. The van der Waals surface area contributed by atoms with Crippen LogP contribution < -0.4 is 5.32 Å². The molecule has 1 fully saturated rings. The number of nitrogens with one attached hydrogen (secondary N) is 1. The number of hydrogen-bond acceptors (Lipinski definition) is 4. The molecule has 1 aromatic rings. The fourth-order valence-corrected chi connectivity index (χ4v) is 3.16. The maximum atomic E-state index is 12.7. The van der Waals surface area contributed by atoms with Crippen molar-refractivity contribution in [2.24, 2.45) is 5.92 Å². The van der Waals surface area contributed by atoms with Crippen molar-refractivity contribution in [3.05, 3.63) is 28.8 Å². The van der Waals surface area contributed by atoms with Crippen LogP contribution in [0.5, 0.6) is 0 Å². The smallest absolute Gasteiger partial charge is 0.409 e. The Hall–Kier alpha value is -1.79. The second-order valence-corrected chi connectivity index (χ2v) is 7.83. The van der Waals surface area contributed by atoms with Gasteiger partial charge in [0.25, 0.3) is 0 Å². The van der Waals surface area contributed by atoms with E-state index >= 15 is 0 Å². The Morgan fingerprint density at radius 3 is 2.63 bits per heavy atom. The van der Waals surface area contributed by atoms with Gasteiger partial charge >= 0.3 is 6.09 Å². The molecule has 1 aliphatic heterocycles. The van der Waals surface area contributed by atoms with Crippen molar-refractivity contribution in [1.29, 1.82) is 0 Å². The molecule has 27 heavy (non-hydrogen) atoms. The van der Waals surface area contributed by atoms with E-state index in [0.717, 1.165) is 24.2 Å². The summed E-state index contributed by atoms with van der Waals surface area (Å²) in [7, 11) is 0. The van der Waals surface area contributed by atoms with Gasteiger partial charge in [-0.25, -0.2) is 4.79 Å². The summed E-state index contributed by atoms with van der Waals surface area (Å²) in [5.41, 5.74) is 1.59. The van der Waals surface area contributed by atoms with Crippen molar-refractivity contribution in [1.82, 2.24) is 9.80 Å². The van der Waals surface area contributed by atoms with Crippen LogP contribution in [0, 0.1) is 12.8 Å². The molecule has 150 valence electrons. The molecule has 1 unspecified atom stereocenters. The molecule has 0 bridgehead atoms. The minimum atomic E-state index is -0.296. The number of rotatable bonds is 5. The topological polar surface area (TPSA) is 61.9 Å². The molecule has 1 atom stereocenters. The molecular weight excluding hydrogens is 366 g/mol. The number of anilines is 1. The van der Waals surface area contributed by atoms with Crippen LogP contribution in [-0.2, 0) is 9.53 Å². The van der Waals surface area contributed by atoms with Crippen LogP contribution in [0.3, 0.4) is 0 Å². The van der Waals surface area contributed by atoms with E-state index in [1.165, 1.54) is 0 Å². The molecule has 0 aliphatic carbocycles. The number of hydrogen-bond donors (Lipinski definition) is 1. The van der Waals surface area contributed by atoms with Gasteiger partial charge in [-0.3, -0.25) is 9.69 Å². The van der Waals surface area contributed by atoms with Gasteiger partial charge in [0.1, 0.15) is 0 Å². The summed E-state index contributed by atoms with van der Waals surface area (Å²) in [5.74, 6) is 0.243. The molecule has 1 N–H and O–H groups in total. The molecule has 1 aliphatic rings. The highest BCUT2D eigenvalue weighted by atomic mass is 35.5. The molecule has 0 spiro atoms. The minimum absolute atomic E-state index is 0.0730. The lowest BCUT2D eigenvalue weighted by molar-refractivity contribution is -0.120. The molecular formula is C20H30ClN3O3. The lowest BCUT2D eigenvalue weighted by Gasteiger charge is -2.27. The monoisotopic (exact) mass is 395 g/mol. The summed E-state index contributed by atoms with van der Waals surface area (Å²) in [6.07, 6.45) is 0.544. The quantitative estimate of drug-likeness (QED) is 0.824. The fourth-order valence-electron chi connectivity index (χ4n) is 2.98. The second-order valence-electron chi connectivity index (χ2n) is 7.42. The zero-order chi connectivity index (χ0) is 20.0. The molecule has 0 aromatic heterocycles. The number of amides is 2. The van der Waals surface area contributed by atoms with Crippen LogP contribution in [0.15, 0.2) is 18.2 Å². The predicted molar refractivity (Wildman–Crippen MR) is 108 cm³/mol. The van der Waals surface area contributed by atoms with Crippen molar-refractivity contribution < 1.29 is 14.3 Å². The van der Waals surface area contributed by atoms with Gasteiger partial charge in [0, 0.05) is 36.9 Å². The highest BCUT2D eigenvalue weighted by Crippen LogP contribution is 2.23. The standard InChI is InChI=1S/C20H30ClN3O3/c1-14(2)13-27-20(26)24-10-6-9-23(11-12-24)16(4)19(25)22-18-8-5-7-17(21)15(18)3/h5,7-8,14,16H,6,9-13H2,1-4H3,(H,22,25). The molecule has 2 rings (SSSR count). The lowest BCUT2D eigenvalue weighted by Crippen LogP contribution is -2.44. The zero-order valence-electron chi connectivity index (χ0n) is 16.6. The Bertz CT molecular complexity index is 666. The number of halogens is 1. The number of carbonyl (C=O) groups is 2. The Morgan fingerprint density at radius 1 is 1.19 bits per heavy atom. The summed E-state index contributed by atoms with van der Waals surface area (Å²) in [6.45, 7) is 10.8. The van der Waals surface area contributed by atoms with Gasteiger partial charge in [0.2, 0.25) is 5.91 Å². The number of nitrogens with zero attached hydrogens (tertiary/aromatic N) is 2. The van der Waals surface area contributed by atoms with Crippen LogP contribution in [0.25, 0.3) is 0 Å². The summed E-state index contributed by atoms with van der Waals surface area (Å²) in [5, 5.41) is 3.60. The van der Waals surface area contributed by atoms with Gasteiger partial charge in [0.15, 0.2) is 0 Å². The lowest BCUT2D eigenvalue weighted by atomic mass is 10.2. The molecule has 0 saturated carbocycles. The maximum absolute atomic E-state index is 12.7. The molecule has 1 aromatic carbocycles. The van der Waals surface area contributed by atoms with Crippen molar-refractivity contribution in [3.8, 4) is 0 Å². The Balaban J connectivity index is 1.91. The Labute approximate surface area is 166 Å². The van der Waals surface area contributed by atoms with Crippen LogP contribution in [-0.4, -0.2) is 60.6 Å². The maximum Gasteiger partial charge on any atom is 0.409 e. The van der Waals surface area contributed by atoms with Crippen molar-refractivity contribution in [2.75, 3.05) is 38.1 Å². The van der Waals surface area contributed by atoms with Crippen molar-refractivity contribution >= 4 is 29.3 Å². The first-order chi connectivity index (χ1) is 12.8. The molecule has 2 amide bonds. The molecule has 0 radical (unpaired) electrons. The van der Waals surface area contributed by atoms with E-state index in [0.29, 0.717) is 37.2 Å². The van der Waals surface area contributed by atoms with Crippen LogP contribution >= 0.6 is 11.6 Å². The summed E-state index contributed by atoms with van der Waals surface area (Å²) in [4.78, 5) is 28.7. The summed E-state index contributed by atoms with van der Waals surface area (Å²) in [6, 6.07) is 5.18. The zero-order valence-corrected chi connectivity index (χ0v) is 17.4. The molecule has 7 heteroatoms. The van der Waals surface area contributed by atoms with E-state index in [2.05, 4.69) is 10.2 Å². The van der Waals surface area contributed by atoms with Crippen molar-refractivity contribution in [3.63, 3.8) is 0 Å². The molecule has 1 saturated heterocycles. The van der Waals surface area contributed by atoms with E-state index < -0.39 is 0 Å². The fraction of sp³-hybridized carbons (Fsp3) is 0.600. The highest BCUT2D eigenvalue weighted by Gasteiger charge is 2.26.